The number of piperazine rings is 1. The lowest BCUT2D eigenvalue weighted by Crippen LogP contribution is -2.54. The number of carbonyl (C=O) groups excluding carboxylic acids is 1. The van der Waals surface area contributed by atoms with Gasteiger partial charge >= 0.3 is 5.96 Å². The molecule has 0 radical (unpaired) electrons. The Morgan fingerprint density at radius 2 is 1.75 bits per heavy atom. The Bertz CT molecular complexity index is 1010. The number of fused-ring (bicyclic) bond motifs is 1. The molecule has 1 N–H and O–H groups in total. The van der Waals surface area contributed by atoms with Crippen molar-refractivity contribution in [3.8, 4) is 0 Å². The van der Waals surface area contributed by atoms with Gasteiger partial charge in [0.2, 0.25) is 0 Å². The van der Waals surface area contributed by atoms with Crippen molar-refractivity contribution < 1.29 is 9.37 Å². The van der Waals surface area contributed by atoms with Gasteiger partial charge < -0.3 is 5.32 Å². The number of benzene rings is 1. The van der Waals surface area contributed by atoms with Crippen LogP contribution in [0, 0.1) is 6.92 Å². The molecule has 0 unspecified atom stereocenters. The lowest BCUT2D eigenvalue weighted by molar-refractivity contribution is -0.476. The number of para-hydroxylation sites is 1. The average molecular weight is 440 g/mol. The summed E-state index contributed by atoms with van der Waals surface area (Å²) in [4.78, 5) is 25.3. The smallest absolute Gasteiger partial charge is 0.347 e. The van der Waals surface area contributed by atoms with Gasteiger partial charge in [0.05, 0.1) is 52.4 Å². The summed E-state index contributed by atoms with van der Waals surface area (Å²) < 4.78 is 2.17. The van der Waals surface area contributed by atoms with Gasteiger partial charge in [0.1, 0.15) is 0 Å². The highest BCUT2D eigenvalue weighted by atomic mass is 16.1. The van der Waals surface area contributed by atoms with Crippen molar-refractivity contribution in [2.24, 2.45) is 0 Å². The molecular weight excluding hydrogens is 400 g/mol. The average Bonchev–Trinajstić information content (AvgIpc) is 2.68. The van der Waals surface area contributed by atoms with E-state index in [1.54, 1.807) is 0 Å². The maximum Gasteiger partial charge on any atom is 0.349 e. The third-order valence-corrected chi connectivity index (χ3v) is 5.75. The number of carbonyl (C=O) groups is 1. The molecular formula is C25H39N6O+. The van der Waals surface area contributed by atoms with Gasteiger partial charge in [-0.1, -0.05) is 18.2 Å². The van der Waals surface area contributed by atoms with Crippen LogP contribution >= 0.6 is 0 Å². The second kappa shape index (κ2) is 9.45. The molecule has 7 nitrogen and oxygen atoms in total. The normalized spacial score (nSPS) is 15.1. The largest absolute Gasteiger partial charge is 0.349 e. The predicted octanol–water partition coefficient (Wildman–Crippen LogP) is 2.38. The molecule has 1 saturated heterocycles. The Labute approximate surface area is 192 Å². The summed E-state index contributed by atoms with van der Waals surface area (Å²) in [6.07, 6.45) is 0. The summed E-state index contributed by atoms with van der Waals surface area (Å²) >= 11 is 0. The SMILES string of the molecule is Cc1nc2ccccc2c(C(=O)NC(C)(C)C)c1CN1CCN(C(N(C)C)=[N+](C)C)CC1. The minimum atomic E-state index is -0.303. The molecule has 0 spiro atoms. The lowest BCUT2D eigenvalue weighted by atomic mass is 9.97. The summed E-state index contributed by atoms with van der Waals surface area (Å²) in [5.74, 6) is 1.20. The number of hydrogen-bond donors (Lipinski definition) is 1. The molecule has 7 heteroatoms. The van der Waals surface area contributed by atoms with Crippen LogP contribution in [-0.4, -0.2) is 96.0 Å². The highest BCUT2D eigenvalue weighted by Gasteiger charge is 2.29. The number of amides is 1. The molecule has 1 aliphatic rings. The molecule has 1 aromatic heterocycles. The molecule has 1 aromatic carbocycles. The third kappa shape index (κ3) is 5.38. The number of aromatic nitrogens is 1. The van der Waals surface area contributed by atoms with Gasteiger partial charge in [-0.15, -0.1) is 0 Å². The van der Waals surface area contributed by atoms with Gasteiger partial charge in [0.25, 0.3) is 5.91 Å². The van der Waals surface area contributed by atoms with Crippen LogP contribution in [0.4, 0.5) is 0 Å². The highest BCUT2D eigenvalue weighted by Crippen LogP contribution is 2.26. The first kappa shape index (κ1) is 24.0. The van der Waals surface area contributed by atoms with Crippen LogP contribution in [0.3, 0.4) is 0 Å². The molecule has 1 fully saturated rings. The number of pyridine rings is 1. The second-order valence-corrected chi connectivity index (χ2v) is 10.1. The van der Waals surface area contributed by atoms with E-state index >= 15 is 0 Å². The van der Waals surface area contributed by atoms with E-state index in [9.17, 15) is 4.79 Å². The Morgan fingerprint density at radius 3 is 2.31 bits per heavy atom. The third-order valence-electron chi connectivity index (χ3n) is 5.75. The molecule has 0 bridgehead atoms. The summed E-state index contributed by atoms with van der Waals surface area (Å²) in [7, 11) is 8.36. The Morgan fingerprint density at radius 1 is 1.12 bits per heavy atom. The van der Waals surface area contributed by atoms with E-state index in [1.807, 2.05) is 52.0 Å². The number of hydrogen-bond acceptors (Lipinski definition) is 3. The molecule has 1 amide bonds. The number of aryl methyl sites for hydroxylation is 1. The molecule has 2 heterocycles. The van der Waals surface area contributed by atoms with Crippen LogP contribution in [0.25, 0.3) is 10.9 Å². The lowest BCUT2D eigenvalue weighted by Gasteiger charge is -2.35. The van der Waals surface area contributed by atoms with E-state index in [2.05, 4.69) is 52.8 Å². The molecule has 1 aliphatic heterocycles. The zero-order chi connectivity index (χ0) is 23.6. The maximum atomic E-state index is 13.4. The van der Waals surface area contributed by atoms with Crippen LogP contribution in [0.5, 0.6) is 0 Å². The summed E-state index contributed by atoms with van der Waals surface area (Å²) in [5, 5.41) is 4.09. The van der Waals surface area contributed by atoms with E-state index in [0.717, 1.165) is 60.4 Å². The van der Waals surface area contributed by atoms with Gasteiger partial charge in [-0.3, -0.25) is 29.1 Å². The number of nitrogens with one attached hydrogen (secondary N) is 1. The minimum absolute atomic E-state index is 0.0244. The monoisotopic (exact) mass is 439 g/mol. The van der Waals surface area contributed by atoms with Crippen LogP contribution in [0.15, 0.2) is 24.3 Å². The van der Waals surface area contributed by atoms with Gasteiger partial charge in [-0.05, 0) is 33.8 Å². The first-order chi connectivity index (χ1) is 15.0. The van der Waals surface area contributed by atoms with Gasteiger partial charge in [-0.2, -0.15) is 0 Å². The van der Waals surface area contributed by atoms with Crippen LogP contribution in [0.1, 0.15) is 42.4 Å². The second-order valence-electron chi connectivity index (χ2n) is 10.1. The van der Waals surface area contributed by atoms with E-state index in [-0.39, 0.29) is 11.4 Å². The first-order valence-corrected chi connectivity index (χ1v) is 11.4. The number of nitrogens with zero attached hydrogens (tertiary/aromatic N) is 5. The Balaban J connectivity index is 1.90. The van der Waals surface area contributed by atoms with Crippen LogP contribution in [-0.2, 0) is 6.54 Å². The predicted molar refractivity (Wildman–Crippen MR) is 131 cm³/mol. The van der Waals surface area contributed by atoms with E-state index in [1.165, 1.54) is 5.96 Å². The zero-order valence-corrected chi connectivity index (χ0v) is 21.0. The highest BCUT2D eigenvalue weighted by molar-refractivity contribution is 6.07. The van der Waals surface area contributed by atoms with Crippen LogP contribution < -0.4 is 5.32 Å². The molecule has 0 saturated carbocycles. The molecule has 3 rings (SSSR count). The standard InChI is InChI=1S/C25H38N6O/c1-18-20(17-30-13-15-31(16-14-30)24(28(5)6)29(7)8)22(23(32)27-25(2,3)4)19-11-9-10-12-21(19)26-18/h9-12H,13-17H2,1-8H3/p+1. The van der Waals surface area contributed by atoms with Gasteiger partial charge in [0, 0.05) is 41.8 Å². The Kier molecular flexibility index (Phi) is 7.08. The van der Waals surface area contributed by atoms with Crippen molar-refractivity contribution in [1.82, 2.24) is 25.0 Å². The van der Waals surface area contributed by atoms with Gasteiger partial charge in [0.15, 0.2) is 0 Å². The quantitative estimate of drug-likeness (QED) is 0.452. The van der Waals surface area contributed by atoms with Crippen molar-refractivity contribution in [3.63, 3.8) is 0 Å². The van der Waals surface area contributed by atoms with E-state index in [0.29, 0.717) is 0 Å². The van der Waals surface area contributed by atoms with Crippen molar-refractivity contribution in [3.05, 3.63) is 41.1 Å². The fourth-order valence-electron chi connectivity index (χ4n) is 4.53. The van der Waals surface area contributed by atoms with Crippen LogP contribution in [0.2, 0.25) is 0 Å². The molecule has 2 aromatic rings. The molecule has 0 atom stereocenters. The fraction of sp³-hybridized carbons (Fsp3) is 0.560. The fourth-order valence-corrected chi connectivity index (χ4v) is 4.53. The van der Waals surface area contributed by atoms with Crippen molar-refractivity contribution in [2.45, 2.75) is 39.8 Å². The minimum Gasteiger partial charge on any atom is -0.347 e. The summed E-state index contributed by atoms with van der Waals surface area (Å²) in [6.45, 7) is 12.6. The molecule has 32 heavy (non-hydrogen) atoms. The van der Waals surface area contributed by atoms with Crippen molar-refractivity contribution in [2.75, 3.05) is 54.4 Å². The number of rotatable bonds is 3. The summed E-state index contributed by atoms with van der Waals surface area (Å²) in [5.41, 5.74) is 3.29. The summed E-state index contributed by atoms with van der Waals surface area (Å²) in [6, 6.07) is 7.95. The Hall–Kier alpha value is -2.67. The maximum absolute atomic E-state index is 13.4. The van der Waals surface area contributed by atoms with E-state index < -0.39 is 0 Å². The molecule has 174 valence electrons. The van der Waals surface area contributed by atoms with E-state index in [4.69, 9.17) is 4.98 Å². The zero-order valence-electron chi connectivity index (χ0n) is 21.0. The topological polar surface area (TPSA) is 54.7 Å². The van der Waals surface area contributed by atoms with Crippen molar-refractivity contribution >= 4 is 22.8 Å². The van der Waals surface area contributed by atoms with Gasteiger partial charge in [-0.25, -0.2) is 0 Å². The molecule has 0 aliphatic carbocycles. The van der Waals surface area contributed by atoms with Crippen molar-refractivity contribution in [1.29, 1.82) is 0 Å². The first-order valence-electron chi connectivity index (χ1n) is 11.4. The number of guanidine groups is 1.